The summed E-state index contributed by atoms with van der Waals surface area (Å²) in [5.74, 6) is -0.220. The summed E-state index contributed by atoms with van der Waals surface area (Å²) in [6, 6.07) is 22.4. The molecule has 0 aromatic heterocycles. The number of carbonyl (C=O) groups excluding carboxylic acids is 2. The molecule has 0 heterocycles. The van der Waals surface area contributed by atoms with Crippen molar-refractivity contribution in [3.05, 3.63) is 99.5 Å². The van der Waals surface area contributed by atoms with E-state index in [0.717, 1.165) is 26.9 Å². The van der Waals surface area contributed by atoms with Gasteiger partial charge in [-0.2, -0.15) is 0 Å². The molecule has 1 atom stereocenters. The van der Waals surface area contributed by atoms with E-state index in [2.05, 4.69) is 21.2 Å². The predicted molar refractivity (Wildman–Crippen MR) is 145 cm³/mol. The van der Waals surface area contributed by atoms with Crippen molar-refractivity contribution in [1.82, 2.24) is 5.32 Å². The second-order valence-electron chi connectivity index (χ2n) is 9.62. The summed E-state index contributed by atoms with van der Waals surface area (Å²) in [5, 5.41) is 2.81. The van der Waals surface area contributed by atoms with Gasteiger partial charge in [0.15, 0.2) is 0 Å². The molecule has 5 nitrogen and oxygen atoms in total. The molecule has 3 aromatic carbocycles. The first-order valence-electron chi connectivity index (χ1n) is 11.7. The summed E-state index contributed by atoms with van der Waals surface area (Å²) in [6.45, 7) is 9.93. The van der Waals surface area contributed by atoms with E-state index in [1.165, 1.54) is 0 Å². The number of amides is 2. The topological polar surface area (TPSA) is 58.6 Å². The lowest BCUT2D eigenvalue weighted by Gasteiger charge is -2.30. The number of ether oxygens (including phenoxy) is 1. The number of anilines is 1. The van der Waals surface area contributed by atoms with Crippen LogP contribution < -0.4 is 10.2 Å². The Labute approximate surface area is 216 Å². The van der Waals surface area contributed by atoms with Crippen molar-refractivity contribution < 1.29 is 14.3 Å². The number of benzene rings is 3. The van der Waals surface area contributed by atoms with E-state index in [0.29, 0.717) is 18.5 Å². The number of nitrogens with zero attached hydrogens (tertiary/aromatic N) is 1. The number of alkyl carbamates (subject to hydrolysis) is 1. The Morgan fingerprint density at radius 2 is 1.60 bits per heavy atom. The molecule has 0 saturated carbocycles. The van der Waals surface area contributed by atoms with Crippen LogP contribution in [0.5, 0.6) is 0 Å². The zero-order valence-corrected chi connectivity index (χ0v) is 22.6. The van der Waals surface area contributed by atoms with Crippen molar-refractivity contribution in [3.63, 3.8) is 0 Å². The van der Waals surface area contributed by atoms with Gasteiger partial charge >= 0.3 is 6.09 Å². The Hall–Kier alpha value is -3.12. The predicted octanol–water partition coefficient (Wildman–Crippen LogP) is 6.91. The van der Waals surface area contributed by atoms with Crippen molar-refractivity contribution in [3.8, 4) is 0 Å². The first-order valence-corrected chi connectivity index (χ1v) is 12.5. The molecule has 0 fully saturated rings. The van der Waals surface area contributed by atoms with Crippen LogP contribution in [-0.2, 0) is 16.0 Å². The van der Waals surface area contributed by atoms with Gasteiger partial charge < -0.3 is 15.0 Å². The average Bonchev–Trinajstić information content (AvgIpc) is 2.80. The largest absolute Gasteiger partial charge is 0.444 e. The fourth-order valence-electron chi connectivity index (χ4n) is 3.67. The number of carbonyl (C=O) groups is 2. The smallest absolute Gasteiger partial charge is 0.408 e. The van der Waals surface area contributed by atoms with Gasteiger partial charge in [0.2, 0.25) is 0 Å². The Morgan fingerprint density at radius 1 is 0.943 bits per heavy atom. The van der Waals surface area contributed by atoms with Crippen LogP contribution in [0.2, 0.25) is 0 Å². The number of nitrogens with one attached hydrogen (secondary N) is 1. The van der Waals surface area contributed by atoms with Crippen LogP contribution >= 0.6 is 15.9 Å². The van der Waals surface area contributed by atoms with Crippen molar-refractivity contribution in [2.75, 3.05) is 11.4 Å². The molecule has 0 aliphatic heterocycles. The zero-order valence-electron chi connectivity index (χ0n) is 21.0. The van der Waals surface area contributed by atoms with Crippen LogP contribution in [0, 0.1) is 13.8 Å². The highest BCUT2D eigenvalue weighted by atomic mass is 79.9. The van der Waals surface area contributed by atoms with Crippen LogP contribution in [0.3, 0.4) is 0 Å². The first kappa shape index (κ1) is 26.5. The Bertz CT molecular complexity index is 1150. The summed E-state index contributed by atoms with van der Waals surface area (Å²) < 4.78 is 6.48. The molecule has 184 valence electrons. The van der Waals surface area contributed by atoms with Gasteiger partial charge in [-0.15, -0.1) is 0 Å². The molecule has 6 heteroatoms. The first-order chi connectivity index (χ1) is 16.5. The molecule has 0 saturated heterocycles. The zero-order chi connectivity index (χ0) is 25.6. The summed E-state index contributed by atoms with van der Waals surface area (Å²) >= 11 is 3.47. The molecule has 0 bridgehead atoms. The van der Waals surface area contributed by atoms with Crippen LogP contribution in [0.4, 0.5) is 10.5 Å². The van der Waals surface area contributed by atoms with Gasteiger partial charge in [-0.05, 0) is 87.6 Å². The Kier molecular flexibility index (Phi) is 8.73. The highest BCUT2D eigenvalue weighted by Gasteiger charge is 2.30. The van der Waals surface area contributed by atoms with E-state index in [4.69, 9.17) is 4.74 Å². The molecule has 0 radical (unpaired) electrons. The third-order valence-electron chi connectivity index (χ3n) is 5.65. The lowest BCUT2D eigenvalue weighted by Crippen LogP contribution is -2.45. The third kappa shape index (κ3) is 7.69. The monoisotopic (exact) mass is 536 g/mol. The van der Waals surface area contributed by atoms with Crippen molar-refractivity contribution in [2.45, 2.75) is 52.7 Å². The SMILES string of the molecule is Cc1ccc(N(CCc2ccc(Br)cc2)C(=O)[C@@H](NC(=O)OC(C)(C)C)c2ccccc2)cc1C. The second-order valence-corrected chi connectivity index (χ2v) is 10.5. The van der Waals surface area contributed by atoms with Gasteiger partial charge in [-0.3, -0.25) is 4.79 Å². The summed E-state index contributed by atoms with van der Waals surface area (Å²) in [5.41, 5.74) is 4.18. The van der Waals surface area contributed by atoms with E-state index in [-0.39, 0.29) is 5.91 Å². The lowest BCUT2D eigenvalue weighted by molar-refractivity contribution is -0.120. The standard InChI is InChI=1S/C29H33BrN2O3/c1-20-11-16-25(19-21(20)2)32(18-17-22-12-14-24(30)15-13-22)27(33)26(23-9-7-6-8-10-23)31-28(34)35-29(3,4)5/h6-16,19,26H,17-18H2,1-5H3,(H,31,34)/t26-/m0/s1. The summed E-state index contributed by atoms with van der Waals surface area (Å²) in [6.07, 6.45) is 0.0348. The molecule has 1 N–H and O–H groups in total. The molecule has 35 heavy (non-hydrogen) atoms. The minimum absolute atomic E-state index is 0.220. The summed E-state index contributed by atoms with van der Waals surface area (Å²) in [7, 11) is 0. The molecule has 0 aliphatic rings. The van der Waals surface area contributed by atoms with Gasteiger partial charge in [-0.1, -0.05) is 64.5 Å². The van der Waals surface area contributed by atoms with Crippen LogP contribution in [0.1, 0.15) is 49.1 Å². The van der Waals surface area contributed by atoms with Crippen molar-refractivity contribution >= 4 is 33.6 Å². The van der Waals surface area contributed by atoms with E-state index in [9.17, 15) is 9.59 Å². The van der Waals surface area contributed by atoms with Gasteiger partial charge in [0, 0.05) is 16.7 Å². The molecular formula is C29H33BrN2O3. The van der Waals surface area contributed by atoms with Crippen LogP contribution in [0.25, 0.3) is 0 Å². The fourth-order valence-corrected chi connectivity index (χ4v) is 3.93. The quantitative estimate of drug-likeness (QED) is 0.357. The lowest BCUT2D eigenvalue weighted by atomic mass is 10.0. The van der Waals surface area contributed by atoms with Gasteiger partial charge in [0.25, 0.3) is 5.91 Å². The van der Waals surface area contributed by atoms with Gasteiger partial charge in [0.1, 0.15) is 11.6 Å². The minimum atomic E-state index is -0.891. The Balaban J connectivity index is 1.96. The molecule has 0 unspecified atom stereocenters. The molecule has 2 amide bonds. The van der Waals surface area contributed by atoms with Crippen molar-refractivity contribution in [1.29, 1.82) is 0 Å². The Morgan fingerprint density at radius 3 is 2.20 bits per heavy atom. The maximum absolute atomic E-state index is 14.1. The molecule has 3 rings (SSSR count). The maximum atomic E-state index is 14.1. The number of hydrogen-bond donors (Lipinski definition) is 1. The third-order valence-corrected chi connectivity index (χ3v) is 6.18. The van der Waals surface area contributed by atoms with Gasteiger partial charge in [0.05, 0.1) is 0 Å². The molecular weight excluding hydrogens is 504 g/mol. The van der Waals surface area contributed by atoms with E-state index >= 15 is 0 Å². The number of rotatable bonds is 7. The van der Waals surface area contributed by atoms with Crippen LogP contribution in [-0.4, -0.2) is 24.1 Å². The second kappa shape index (κ2) is 11.5. The fraction of sp³-hybridized carbons (Fsp3) is 0.310. The normalized spacial score (nSPS) is 12.1. The molecule has 3 aromatic rings. The number of aryl methyl sites for hydroxylation is 2. The number of hydrogen-bond acceptors (Lipinski definition) is 3. The van der Waals surface area contributed by atoms with Gasteiger partial charge in [-0.25, -0.2) is 4.79 Å². The molecule has 0 spiro atoms. The highest BCUT2D eigenvalue weighted by Crippen LogP contribution is 2.25. The average molecular weight is 537 g/mol. The summed E-state index contributed by atoms with van der Waals surface area (Å²) in [4.78, 5) is 28.5. The molecule has 0 aliphatic carbocycles. The number of halogens is 1. The maximum Gasteiger partial charge on any atom is 0.408 e. The van der Waals surface area contributed by atoms with E-state index in [1.807, 2.05) is 86.6 Å². The van der Waals surface area contributed by atoms with Crippen molar-refractivity contribution in [2.24, 2.45) is 0 Å². The van der Waals surface area contributed by atoms with E-state index in [1.54, 1.807) is 25.7 Å². The van der Waals surface area contributed by atoms with Crippen LogP contribution in [0.15, 0.2) is 77.3 Å². The van der Waals surface area contributed by atoms with E-state index < -0.39 is 17.7 Å². The minimum Gasteiger partial charge on any atom is -0.444 e. The highest BCUT2D eigenvalue weighted by molar-refractivity contribution is 9.10.